The van der Waals surface area contributed by atoms with Crippen molar-refractivity contribution in [3.63, 3.8) is 0 Å². The number of carbonyl (C=O) groups excluding carboxylic acids is 1. The van der Waals surface area contributed by atoms with Crippen LogP contribution in [-0.2, 0) is 11.2 Å². The second kappa shape index (κ2) is 11.1. The molecule has 1 saturated heterocycles. The molecular weight excluding hydrogens is 436 g/mol. The molecule has 0 aliphatic carbocycles. The summed E-state index contributed by atoms with van der Waals surface area (Å²) in [4.78, 5) is 15.6. The summed E-state index contributed by atoms with van der Waals surface area (Å²) in [5.74, 6) is 0.0924. The number of hydrogen-bond donors (Lipinski definition) is 1. The van der Waals surface area contributed by atoms with E-state index in [1.54, 1.807) is 0 Å². The molecule has 1 aliphatic rings. The van der Waals surface area contributed by atoms with Crippen LogP contribution in [0.4, 0.5) is 0 Å². The lowest BCUT2D eigenvalue weighted by atomic mass is 9.93. The third-order valence-electron chi connectivity index (χ3n) is 6.16. The van der Waals surface area contributed by atoms with Gasteiger partial charge in [0.15, 0.2) is 10.9 Å². The van der Waals surface area contributed by atoms with Gasteiger partial charge in [0.2, 0.25) is 0 Å². The number of piperidine rings is 1. The van der Waals surface area contributed by atoms with Crippen molar-refractivity contribution < 1.29 is 4.79 Å². The Morgan fingerprint density at radius 1 is 0.824 bits per heavy atom. The zero-order valence-corrected chi connectivity index (χ0v) is 20.6. The first kappa shape index (κ1) is 23.7. The molecule has 0 unspecified atom stereocenters. The van der Waals surface area contributed by atoms with Gasteiger partial charge in [0.1, 0.15) is 0 Å². The summed E-state index contributed by atoms with van der Waals surface area (Å²) in [6.07, 6.45) is 4.93. The molecule has 3 aromatic rings. The molecule has 1 heterocycles. The predicted molar refractivity (Wildman–Crippen MR) is 146 cm³/mol. The van der Waals surface area contributed by atoms with E-state index in [9.17, 15) is 4.79 Å². The fourth-order valence-electron chi connectivity index (χ4n) is 4.13. The van der Waals surface area contributed by atoms with Gasteiger partial charge in [0.05, 0.1) is 0 Å². The highest BCUT2D eigenvalue weighted by Crippen LogP contribution is 2.24. The number of Topliss-reactive ketones (excluding diaryl/α,β-unsaturated/α-hetero) is 1. The Bertz CT molecular complexity index is 1180. The summed E-state index contributed by atoms with van der Waals surface area (Å²) in [5.41, 5.74) is 7.20. The van der Waals surface area contributed by atoms with Crippen molar-refractivity contribution >= 4 is 35.3 Å². The number of nitrogens with zero attached hydrogens (tertiary/aromatic N) is 1. The molecule has 1 aliphatic heterocycles. The number of aryl methyl sites for hydroxylation is 2. The third-order valence-corrected chi connectivity index (χ3v) is 6.56. The van der Waals surface area contributed by atoms with E-state index in [0.29, 0.717) is 18.2 Å². The summed E-state index contributed by atoms with van der Waals surface area (Å²) in [6, 6.07) is 26.6. The molecule has 4 rings (SSSR count). The number of thiocarbonyl (C=S) groups is 1. The van der Waals surface area contributed by atoms with Crippen molar-refractivity contribution in [2.45, 2.75) is 20.3 Å². The lowest BCUT2D eigenvalue weighted by molar-refractivity contribution is -0.113. The maximum Gasteiger partial charge on any atom is 0.188 e. The minimum Gasteiger partial charge on any atom is -0.362 e. The van der Waals surface area contributed by atoms with Gasteiger partial charge < -0.3 is 10.2 Å². The molecule has 0 bridgehead atoms. The monoisotopic (exact) mass is 466 g/mol. The Balaban J connectivity index is 1.58. The lowest BCUT2D eigenvalue weighted by Crippen LogP contribution is -2.46. The van der Waals surface area contributed by atoms with Gasteiger partial charge in [-0.3, -0.25) is 4.79 Å². The quantitative estimate of drug-likeness (QED) is 0.382. The molecule has 1 fully saturated rings. The van der Waals surface area contributed by atoms with Gasteiger partial charge in [-0.25, -0.2) is 0 Å². The molecule has 172 valence electrons. The fourth-order valence-corrected chi connectivity index (χ4v) is 4.36. The summed E-state index contributed by atoms with van der Waals surface area (Å²) < 4.78 is 0. The van der Waals surface area contributed by atoms with Crippen LogP contribution in [0.5, 0.6) is 0 Å². The van der Waals surface area contributed by atoms with E-state index in [1.807, 2.05) is 42.5 Å². The minimum atomic E-state index is 0.0924. The molecule has 3 nitrogen and oxygen atoms in total. The highest BCUT2D eigenvalue weighted by atomic mass is 32.1. The largest absolute Gasteiger partial charge is 0.362 e. The zero-order chi connectivity index (χ0) is 23.9. The predicted octanol–water partition coefficient (Wildman–Crippen LogP) is 5.77. The molecule has 0 amide bonds. The molecule has 34 heavy (non-hydrogen) atoms. The first-order valence-electron chi connectivity index (χ1n) is 11.6. The van der Waals surface area contributed by atoms with Crippen LogP contribution < -0.4 is 5.32 Å². The summed E-state index contributed by atoms with van der Waals surface area (Å²) >= 11 is 5.76. The highest BCUT2D eigenvalue weighted by Gasteiger charge is 2.27. The minimum absolute atomic E-state index is 0.0924. The van der Waals surface area contributed by atoms with Crippen LogP contribution in [0.3, 0.4) is 0 Å². The summed E-state index contributed by atoms with van der Waals surface area (Å²) in [7, 11) is 0. The first-order chi connectivity index (χ1) is 16.5. The standard InChI is InChI=1S/C30H30N2OS/c1-22-10-6-8-14-25(22)18-27-20-32(30(34)31-17-16-24-12-4-3-5-13-24)21-28(29(27)33)19-26-15-9-7-11-23(26)2/h3-15,18-19H,16-17,20-21H2,1-2H3,(H,31,34)/b27-18+,28-19+. The average molecular weight is 467 g/mol. The summed E-state index contributed by atoms with van der Waals surface area (Å²) in [6.45, 7) is 5.88. The Hall–Kier alpha value is -3.50. The molecule has 1 N–H and O–H groups in total. The van der Waals surface area contributed by atoms with E-state index in [4.69, 9.17) is 12.2 Å². The Labute approximate surface area is 207 Å². The van der Waals surface area contributed by atoms with Crippen LogP contribution in [0.15, 0.2) is 90.0 Å². The number of ketones is 1. The van der Waals surface area contributed by atoms with E-state index in [2.05, 4.69) is 72.6 Å². The van der Waals surface area contributed by atoms with E-state index in [0.717, 1.165) is 46.4 Å². The Morgan fingerprint density at radius 3 is 1.85 bits per heavy atom. The van der Waals surface area contributed by atoms with E-state index in [-0.39, 0.29) is 5.78 Å². The molecule has 3 aromatic carbocycles. The molecule has 0 aromatic heterocycles. The second-order valence-electron chi connectivity index (χ2n) is 8.71. The van der Waals surface area contributed by atoms with E-state index < -0.39 is 0 Å². The second-order valence-corrected chi connectivity index (χ2v) is 9.09. The molecular formula is C30H30N2OS. The van der Waals surface area contributed by atoms with Crippen molar-refractivity contribution in [1.29, 1.82) is 0 Å². The molecule has 0 atom stereocenters. The Morgan fingerprint density at radius 2 is 1.32 bits per heavy atom. The summed E-state index contributed by atoms with van der Waals surface area (Å²) in [5, 5.41) is 4.07. The van der Waals surface area contributed by atoms with E-state index >= 15 is 0 Å². The number of nitrogens with one attached hydrogen (secondary N) is 1. The van der Waals surface area contributed by atoms with Gasteiger partial charge in [0, 0.05) is 30.8 Å². The van der Waals surface area contributed by atoms with Crippen LogP contribution >= 0.6 is 12.2 Å². The fraction of sp³-hybridized carbons (Fsp3) is 0.200. The van der Waals surface area contributed by atoms with Gasteiger partial charge >= 0.3 is 0 Å². The van der Waals surface area contributed by atoms with Gasteiger partial charge in [-0.05, 0) is 72.5 Å². The molecule has 0 saturated carbocycles. The molecule has 0 spiro atoms. The van der Waals surface area contributed by atoms with Crippen molar-refractivity contribution in [2.24, 2.45) is 0 Å². The normalized spacial score (nSPS) is 16.2. The van der Waals surface area contributed by atoms with Crippen molar-refractivity contribution in [3.05, 3.63) is 118 Å². The van der Waals surface area contributed by atoms with Crippen LogP contribution in [0, 0.1) is 13.8 Å². The van der Waals surface area contributed by atoms with Gasteiger partial charge in [-0.1, -0.05) is 78.9 Å². The number of likely N-dealkylation sites (tertiary alicyclic amines) is 1. The highest BCUT2D eigenvalue weighted by molar-refractivity contribution is 7.80. The van der Waals surface area contributed by atoms with Crippen LogP contribution in [0.1, 0.15) is 27.8 Å². The maximum absolute atomic E-state index is 13.5. The number of rotatable bonds is 5. The topological polar surface area (TPSA) is 32.3 Å². The number of carbonyl (C=O) groups is 1. The third kappa shape index (κ3) is 5.89. The van der Waals surface area contributed by atoms with E-state index in [1.165, 1.54) is 5.56 Å². The Kier molecular flexibility index (Phi) is 7.71. The van der Waals surface area contributed by atoms with Crippen molar-refractivity contribution in [3.8, 4) is 0 Å². The van der Waals surface area contributed by atoms with Crippen molar-refractivity contribution in [2.75, 3.05) is 19.6 Å². The number of hydrogen-bond acceptors (Lipinski definition) is 2. The van der Waals surface area contributed by atoms with Crippen molar-refractivity contribution in [1.82, 2.24) is 10.2 Å². The lowest BCUT2D eigenvalue weighted by Gasteiger charge is -2.32. The molecule has 4 heteroatoms. The zero-order valence-electron chi connectivity index (χ0n) is 19.8. The first-order valence-corrected chi connectivity index (χ1v) is 12.1. The smallest absolute Gasteiger partial charge is 0.188 e. The van der Waals surface area contributed by atoms with Gasteiger partial charge in [0.25, 0.3) is 0 Å². The van der Waals surface area contributed by atoms with Crippen LogP contribution in [-0.4, -0.2) is 35.4 Å². The van der Waals surface area contributed by atoms with Gasteiger partial charge in [-0.2, -0.15) is 0 Å². The van der Waals surface area contributed by atoms with Gasteiger partial charge in [-0.15, -0.1) is 0 Å². The maximum atomic E-state index is 13.5. The van der Waals surface area contributed by atoms with Crippen LogP contribution in [0.2, 0.25) is 0 Å². The average Bonchev–Trinajstić information content (AvgIpc) is 2.84. The number of benzene rings is 3. The molecule has 0 radical (unpaired) electrons. The van der Waals surface area contributed by atoms with Crippen LogP contribution in [0.25, 0.3) is 12.2 Å². The SMILES string of the molecule is Cc1ccccc1/C=C1\CN(C(=S)NCCc2ccccc2)C/C(=C\c2ccccc2C)C1=O.